The zero-order valence-corrected chi connectivity index (χ0v) is 11.8. The molecule has 0 saturated carbocycles. The van der Waals surface area contributed by atoms with E-state index in [-0.39, 0.29) is 11.3 Å². The van der Waals surface area contributed by atoms with Crippen LogP contribution in [-0.2, 0) is 6.61 Å². The van der Waals surface area contributed by atoms with E-state index in [4.69, 9.17) is 9.84 Å². The van der Waals surface area contributed by atoms with Crippen molar-refractivity contribution < 1.29 is 19.7 Å². The van der Waals surface area contributed by atoms with Gasteiger partial charge in [-0.05, 0) is 41.8 Å². The normalized spacial score (nSPS) is 10.7. The summed E-state index contributed by atoms with van der Waals surface area (Å²) in [6.07, 6.45) is 0. The summed E-state index contributed by atoms with van der Waals surface area (Å²) in [6, 6.07) is 13.7. The first-order valence-electron chi connectivity index (χ1n) is 6.30. The summed E-state index contributed by atoms with van der Waals surface area (Å²) in [7, 11) is 0. The molecule has 1 heterocycles. The fraction of sp³-hybridized carbons (Fsp3) is 0.0625. The minimum atomic E-state index is -0.935. The van der Waals surface area contributed by atoms with Gasteiger partial charge in [0, 0.05) is 9.58 Å². The van der Waals surface area contributed by atoms with Crippen LogP contribution < -0.4 is 4.74 Å². The number of para-hydroxylation sites is 2. The second-order valence-electron chi connectivity index (χ2n) is 4.53. The van der Waals surface area contributed by atoms with Gasteiger partial charge in [0.1, 0.15) is 6.61 Å². The van der Waals surface area contributed by atoms with Gasteiger partial charge in [-0.15, -0.1) is 11.3 Å². The molecule has 0 aliphatic heterocycles. The Labute approximate surface area is 124 Å². The first-order chi connectivity index (χ1) is 10.1. The molecule has 0 aliphatic carbocycles. The minimum absolute atomic E-state index is 0.103. The van der Waals surface area contributed by atoms with E-state index in [9.17, 15) is 9.90 Å². The van der Waals surface area contributed by atoms with Crippen molar-refractivity contribution >= 4 is 27.4 Å². The Bertz CT molecular complexity index is 807. The fourth-order valence-corrected chi connectivity index (χ4v) is 2.99. The monoisotopic (exact) mass is 300 g/mol. The highest BCUT2D eigenvalue weighted by molar-refractivity contribution is 7.19. The number of phenols is 1. The van der Waals surface area contributed by atoms with E-state index in [1.807, 2.05) is 6.07 Å². The van der Waals surface area contributed by atoms with E-state index in [0.29, 0.717) is 12.4 Å². The molecule has 21 heavy (non-hydrogen) atoms. The second-order valence-corrected chi connectivity index (χ2v) is 5.70. The van der Waals surface area contributed by atoms with Crippen LogP contribution in [-0.4, -0.2) is 16.2 Å². The van der Waals surface area contributed by atoms with Crippen LogP contribution in [0.1, 0.15) is 15.2 Å². The van der Waals surface area contributed by atoms with Crippen molar-refractivity contribution in [2.45, 2.75) is 6.61 Å². The van der Waals surface area contributed by atoms with Gasteiger partial charge in [-0.3, -0.25) is 0 Å². The third kappa shape index (κ3) is 2.83. The van der Waals surface area contributed by atoms with Crippen LogP contribution in [0.15, 0.2) is 48.5 Å². The molecule has 0 aliphatic rings. The lowest BCUT2D eigenvalue weighted by molar-refractivity contribution is 0.0697. The Hall–Kier alpha value is -2.53. The van der Waals surface area contributed by atoms with Crippen molar-refractivity contribution in [2.24, 2.45) is 0 Å². The number of benzene rings is 2. The minimum Gasteiger partial charge on any atom is -0.504 e. The number of hydrogen-bond acceptors (Lipinski definition) is 4. The smallest absolute Gasteiger partial charge is 0.335 e. The standard InChI is InChI=1S/C16H12O4S/c17-13-3-1-2-4-14(13)20-9-12-8-11-7-10(16(18)19)5-6-15(11)21-12/h1-8,17H,9H2,(H,18,19). The molecule has 0 atom stereocenters. The topological polar surface area (TPSA) is 66.8 Å². The first-order valence-corrected chi connectivity index (χ1v) is 7.12. The maximum atomic E-state index is 11.0. The lowest BCUT2D eigenvalue weighted by Crippen LogP contribution is -1.94. The van der Waals surface area contributed by atoms with Crippen molar-refractivity contribution in [2.75, 3.05) is 0 Å². The highest BCUT2D eigenvalue weighted by atomic mass is 32.1. The van der Waals surface area contributed by atoms with Crippen LogP contribution in [0.25, 0.3) is 10.1 Å². The van der Waals surface area contributed by atoms with Gasteiger partial charge in [0.25, 0.3) is 0 Å². The fourth-order valence-electron chi connectivity index (χ4n) is 2.03. The number of carboxylic acids is 1. The highest BCUT2D eigenvalue weighted by Crippen LogP contribution is 2.30. The molecule has 2 aromatic carbocycles. The molecular weight excluding hydrogens is 288 g/mol. The maximum absolute atomic E-state index is 11.0. The van der Waals surface area contributed by atoms with Crippen LogP contribution >= 0.6 is 11.3 Å². The molecule has 0 spiro atoms. The van der Waals surface area contributed by atoms with Crippen molar-refractivity contribution in [1.29, 1.82) is 0 Å². The number of thiophene rings is 1. The van der Waals surface area contributed by atoms with Crippen molar-refractivity contribution in [3.8, 4) is 11.5 Å². The summed E-state index contributed by atoms with van der Waals surface area (Å²) in [5.74, 6) is -0.400. The lowest BCUT2D eigenvalue weighted by atomic mass is 10.1. The summed E-state index contributed by atoms with van der Waals surface area (Å²) in [6.45, 7) is 0.333. The molecule has 106 valence electrons. The number of phenolic OH excluding ortho intramolecular Hbond substituents is 1. The first kappa shape index (κ1) is 13.5. The molecule has 3 aromatic rings. The number of aromatic hydroxyl groups is 1. The molecule has 4 nitrogen and oxygen atoms in total. The van der Waals surface area contributed by atoms with E-state index < -0.39 is 5.97 Å². The van der Waals surface area contributed by atoms with E-state index in [1.165, 1.54) is 0 Å². The highest BCUT2D eigenvalue weighted by Gasteiger charge is 2.08. The van der Waals surface area contributed by atoms with Gasteiger partial charge in [-0.1, -0.05) is 12.1 Å². The maximum Gasteiger partial charge on any atom is 0.335 e. The third-order valence-corrected chi connectivity index (χ3v) is 4.14. The van der Waals surface area contributed by atoms with Crippen molar-refractivity contribution in [1.82, 2.24) is 0 Å². The van der Waals surface area contributed by atoms with Crippen LogP contribution in [0.2, 0.25) is 0 Å². The van der Waals surface area contributed by atoms with E-state index in [2.05, 4.69) is 0 Å². The lowest BCUT2D eigenvalue weighted by Gasteiger charge is -2.05. The van der Waals surface area contributed by atoms with Crippen molar-refractivity contribution in [3.05, 3.63) is 59.0 Å². The molecule has 0 amide bonds. The quantitative estimate of drug-likeness (QED) is 0.767. The molecule has 0 bridgehead atoms. The Balaban J connectivity index is 1.82. The van der Waals surface area contributed by atoms with E-state index >= 15 is 0 Å². The average Bonchev–Trinajstić information content (AvgIpc) is 2.88. The molecule has 0 unspecified atom stereocenters. The Morgan fingerprint density at radius 2 is 1.95 bits per heavy atom. The summed E-state index contributed by atoms with van der Waals surface area (Å²) in [5, 5.41) is 19.5. The van der Waals surface area contributed by atoms with Crippen LogP contribution in [0.3, 0.4) is 0 Å². The van der Waals surface area contributed by atoms with Gasteiger partial charge in [0.05, 0.1) is 5.56 Å². The number of rotatable bonds is 4. The summed E-state index contributed by atoms with van der Waals surface area (Å²) in [5.41, 5.74) is 0.272. The molecule has 0 fully saturated rings. The molecule has 5 heteroatoms. The Kier molecular flexibility index (Phi) is 3.50. The van der Waals surface area contributed by atoms with Gasteiger partial charge < -0.3 is 14.9 Å². The van der Waals surface area contributed by atoms with Gasteiger partial charge in [-0.2, -0.15) is 0 Å². The Morgan fingerprint density at radius 3 is 2.71 bits per heavy atom. The number of carboxylic acid groups (broad SMARTS) is 1. The van der Waals surface area contributed by atoms with Gasteiger partial charge in [-0.25, -0.2) is 4.79 Å². The van der Waals surface area contributed by atoms with Crippen LogP contribution in [0.4, 0.5) is 0 Å². The number of aromatic carboxylic acids is 1. The largest absolute Gasteiger partial charge is 0.504 e. The average molecular weight is 300 g/mol. The van der Waals surface area contributed by atoms with Crippen LogP contribution in [0, 0.1) is 0 Å². The predicted octanol–water partition coefficient (Wildman–Crippen LogP) is 3.88. The van der Waals surface area contributed by atoms with E-state index in [1.54, 1.807) is 53.8 Å². The van der Waals surface area contributed by atoms with Crippen LogP contribution in [0.5, 0.6) is 11.5 Å². The molecule has 0 radical (unpaired) electrons. The van der Waals surface area contributed by atoms with Gasteiger partial charge in [0.2, 0.25) is 0 Å². The molecular formula is C16H12O4S. The number of fused-ring (bicyclic) bond motifs is 1. The molecule has 0 saturated heterocycles. The van der Waals surface area contributed by atoms with Crippen molar-refractivity contribution in [3.63, 3.8) is 0 Å². The summed E-state index contributed by atoms with van der Waals surface area (Å²) >= 11 is 1.54. The number of hydrogen-bond donors (Lipinski definition) is 2. The van der Waals surface area contributed by atoms with Gasteiger partial charge >= 0.3 is 5.97 Å². The molecule has 2 N–H and O–H groups in total. The van der Waals surface area contributed by atoms with E-state index in [0.717, 1.165) is 15.0 Å². The SMILES string of the molecule is O=C(O)c1ccc2sc(COc3ccccc3O)cc2c1. The molecule has 3 rings (SSSR count). The predicted molar refractivity (Wildman–Crippen MR) is 81.2 cm³/mol. The third-order valence-electron chi connectivity index (χ3n) is 3.05. The summed E-state index contributed by atoms with van der Waals surface area (Å²) < 4.78 is 6.58. The second kappa shape index (κ2) is 5.46. The molecule has 1 aromatic heterocycles. The number of ether oxygens (including phenoxy) is 1. The Morgan fingerprint density at radius 1 is 1.14 bits per heavy atom. The zero-order chi connectivity index (χ0) is 14.8. The number of carbonyl (C=O) groups is 1. The summed E-state index contributed by atoms with van der Waals surface area (Å²) in [4.78, 5) is 11.9. The zero-order valence-electron chi connectivity index (χ0n) is 10.9. The van der Waals surface area contributed by atoms with Gasteiger partial charge in [0.15, 0.2) is 11.5 Å².